The van der Waals surface area contributed by atoms with E-state index < -0.39 is 17.5 Å². The van der Waals surface area contributed by atoms with Crippen LogP contribution in [0.3, 0.4) is 0 Å². The first-order valence-corrected chi connectivity index (χ1v) is 5.75. The number of amides is 1. The van der Waals surface area contributed by atoms with Crippen LogP contribution in [-0.4, -0.2) is 23.5 Å². The normalized spacial score (nSPS) is 28.6. The third kappa shape index (κ3) is 3.85. The van der Waals surface area contributed by atoms with Gasteiger partial charge in [-0.15, -0.1) is 11.6 Å². The molecule has 1 aliphatic carbocycles. The predicted octanol–water partition coefficient (Wildman–Crippen LogP) is 2.85. The Bertz CT molecular complexity index is 247. The molecule has 94 valence electrons. The van der Waals surface area contributed by atoms with Crippen LogP contribution in [0.5, 0.6) is 0 Å². The van der Waals surface area contributed by atoms with Gasteiger partial charge in [0.25, 0.3) is 0 Å². The molecular weight excluding hydrogens is 243 g/mol. The molecule has 0 aromatic rings. The number of nitrogens with one attached hydrogen (secondary N) is 1. The van der Waals surface area contributed by atoms with E-state index >= 15 is 0 Å². The molecule has 16 heavy (non-hydrogen) atoms. The number of carbonyl (C=O) groups excluding carboxylic acids is 1. The molecule has 1 rings (SSSR count). The third-order valence-electron chi connectivity index (χ3n) is 2.90. The van der Waals surface area contributed by atoms with E-state index in [1.807, 2.05) is 0 Å². The summed E-state index contributed by atoms with van der Waals surface area (Å²) in [5.41, 5.74) is 0. The van der Waals surface area contributed by atoms with E-state index in [0.717, 1.165) is 0 Å². The highest BCUT2D eigenvalue weighted by molar-refractivity contribution is 6.30. The van der Waals surface area contributed by atoms with Gasteiger partial charge in [-0.25, -0.2) is 0 Å². The van der Waals surface area contributed by atoms with Gasteiger partial charge in [-0.3, -0.25) is 4.79 Å². The highest BCUT2D eigenvalue weighted by atomic mass is 35.5. The maximum atomic E-state index is 12.4. The smallest absolute Gasteiger partial charge is 0.352 e. The van der Waals surface area contributed by atoms with Gasteiger partial charge in [0.1, 0.15) is 5.38 Å². The zero-order valence-electron chi connectivity index (χ0n) is 8.98. The number of hydrogen-bond acceptors (Lipinski definition) is 1. The van der Waals surface area contributed by atoms with Gasteiger partial charge in [-0.05, 0) is 32.6 Å². The van der Waals surface area contributed by atoms with E-state index in [1.54, 1.807) is 0 Å². The molecule has 1 atom stereocenters. The molecule has 1 amide bonds. The molecular formula is C10H15ClF3NO. The molecule has 0 saturated heterocycles. The average molecular weight is 258 g/mol. The van der Waals surface area contributed by atoms with Crippen molar-refractivity contribution in [1.29, 1.82) is 0 Å². The monoisotopic (exact) mass is 257 g/mol. The molecule has 6 heteroatoms. The van der Waals surface area contributed by atoms with Crippen LogP contribution in [0.15, 0.2) is 0 Å². The van der Waals surface area contributed by atoms with Gasteiger partial charge in [0.05, 0.1) is 5.92 Å². The quantitative estimate of drug-likeness (QED) is 0.758. The van der Waals surface area contributed by atoms with Crippen molar-refractivity contribution >= 4 is 17.5 Å². The first kappa shape index (κ1) is 13.6. The topological polar surface area (TPSA) is 29.1 Å². The SMILES string of the molecule is CC(Cl)C(=O)NC1CCC(C(F)(F)F)CC1. The van der Waals surface area contributed by atoms with Gasteiger partial charge >= 0.3 is 6.18 Å². The van der Waals surface area contributed by atoms with Crippen molar-refractivity contribution in [3.8, 4) is 0 Å². The van der Waals surface area contributed by atoms with E-state index in [2.05, 4.69) is 5.32 Å². The van der Waals surface area contributed by atoms with Gasteiger partial charge < -0.3 is 5.32 Å². The lowest BCUT2D eigenvalue weighted by Crippen LogP contribution is -2.42. The van der Waals surface area contributed by atoms with E-state index in [9.17, 15) is 18.0 Å². The van der Waals surface area contributed by atoms with E-state index in [4.69, 9.17) is 11.6 Å². The van der Waals surface area contributed by atoms with Crippen LogP contribution in [0, 0.1) is 5.92 Å². The molecule has 0 aromatic heterocycles. The zero-order valence-corrected chi connectivity index (χ0v) is 9.74. The number of halogens is 4. The summed E-state index contributed by atoms with van der Waals surface area (Å²) in [6.07, 6.45) is -3.18. The highest BCUT2D eigenvalue weighted by Crippen LogP contribution is 2.37. The second-order valence-corrected chi connectivity index (χ2v) is 4.87. The van der Waals surface area contributed by atoms with Crippen LogP contribution >= 0.6 is 11.6 Å². The summed E-state index contributed by atoms with van der Waals surface area (Å²) in [5, 5.41) is 2.01. The lowest BCUT2D eigenvalue weighted by atomic mass is 9.85. The molecule has 0 heterocycles. The number of rotatable bonds is 2. The minimum atomic E-state index is -4.10. The summed E-state index contributed by atoms with van der Waals surface area (Å²) in [4.78, 5) is 11.2. The summed E-state index contributed by atoms with van der Waals surface area (Å²) in [6.45, 7) is 1.54. The largest absolute Gasteiger partial charge is 0.391 e. The Morgan fingerprint density at radius 3 is 2.19 bits per heavy atom. The van der Waals surface area contributed by atoms with Crippen molar-refractivity contribution < 1.29 is 18.0 Å². The van der Waals surface area contributed by atoms with Gasteiger partial charge in [0.2, 0.25) is 5.91 Å². The van der Waals surface area contributed by atoms with Gasteiger partial charge in [0, 0.05) is 6.04 Å². The molecule has 0 aromatic carbocycles. The lowest BCUT2D eigenvalue weighted by molar-refractivity contribution is -0.182. The van der Waals surface area contributed by atoms with Crippen LogP contribution in [0.4, 0.5) is 13.2 Å². The third-order valence-corrected chi connectivity index (χ3v) is 3.10. The summed E-state index contributed by atoms with van der Waals surface area (Å²) in [7, 11) is 0. The van der Waals surface area contributed by atoms with E-state index in [1.165, 1.54) is 6.92 Å². The minimum Gasteiger partial charge on any atom is -0.352 e. The minimum absolute atomic E-state index is 0.0884. The van der Waals surface area contributed by atoms with Crippen molar-refractivity contribution in [1.82, 2.24) is 5.32 Å². The van der Waals surface area contributed by atoms with Crippen LogP contribution in [0.25, 0.3) is 0 Å². The fraction of sp³-hybridized carbons (Fsp3) is 0.900. The van der Waals surface area contributed by atoms with Crippen LogP contribution in [0.2, 0.25) is 0 Å². The standard InChI is InChI=1S/C10H15ClF3NO/c1-6(11)9(16)15-8-4-2-7(3-5-8)10(12,13)14/h6-8H,2-5H2,1H3,(H,15,16). The highest BCUT2D eigenvalue weighted by Gasteiger charge is 2.41. The maximum absolute atomic E-state index is 12.4. The Hall–Kier alpha value is -0.450. The fourth-order valence-electron chi connectivity index (χ4n) is 1.88. The molecule has 1 saturated carbocycles. The van der Waals surface area contributed by atoms with Gasteiger partial charge in [0.15, 0.2) is 0 Å². The molecule has 0 spiro atoms. The Morgan fingerprint density at radius 2 is 1.81 bits per heavy atom. The fourth-order valence-corrected chi connectivity index (χ4v) is 1.94. The lowest BCUT2D eigenvalue weighted by Gasteiger charge is -2.30. The second-order valence-electron chi connectivity index (χ2n) is 4.21. The Kier molecular flexibility index (Phi) is 4.47. The van der Waals surface area contributed by atoms with E-state index in [0.29, 0.717) is 12.8 Å². The second kappa shape index (κ2) is 5.25. The molecule has 1 unspecified atom stereocenters. The molecule has 1 N–H and O–H groups in total. The van der Waals surface area contributed by atoms with Crippen LogP contribution in [0.1, 0.15) is 32.6 Å². The van der Waals surface area contributed by atoms with Crippen molar-refractivity contribution in [3.63, 3.8) is 0 Å². The maximum Gasteiger partial charge on any atom is 0.391 e. The number of carbonyl (C=O) groups is 1. The number of alkyl halides is 4. The molecule has 1 aliphatic rings. The summed E-state index contributed by atoms with van der Waals surface area (Å²) >= 11 is 5.56. The van der Waals surface area contributed by atoms with E-state index in [-0.39, 0.29) is 24.8 Å². The Labute approximate surface area is 97.5 Å². The van der Waals surface area contributed by atoms with Crippen LogP contribution in [-0.2, 0) is 4.79 Å². The summed E-state index contributed by atoms with van der Waals surface area (Å²) < 4.78 is 37.1. The first-order valence-electron chi connectivity index (χ1n) is 5.32. The van der Waals surface area contributed by atoms with Gasteiger partial charge in [-0.1, -0.05) is 0 Å². The van der Waals surface area contributed by atoms with Crippen molar-refractivity contribution in [2.24, 2.45) is 5.92 Å². The first-order chi connectivity index (χ1) is 7.30. The van der Waals surface area contributed by atoms with Crippen molar-refractivity contribution in [2.75, 3.05) is 0 Å². The van der Waals surface area contributed by atoms with Gasteiger partial charge in [-0.2, -0.15) is 13.2 Å². The summed E-state index contributed by atoms with van der Waals surface area (Å²) in [5.74, 6) is -1.52. The zero-order chi connectivity index (χ0) is 12.3. The van der Waals surface area contributed by atoms with Crippen molar-refractivity contribution in [2.45, 2.75) is 50.2 Å². The van der Waals surface area contributed by atoms with Crippen molar-refractivity contribution in [3.05, 3.63) is 0 Å². The average Bonchev–Trinajstić information content (AvgIpc) is 2.17. The molecule has 2 nitrogen and oxygen atoms in total. The molecule has 1 fully saturated rings. The number of hydrogen-bond donors (Lipinski definition) is 1. The molecule has 0 bridgehead atoms. The summed E-state index contributed by atoms with van der Waals surface area (Å²) in [6, 6.07) is -0.160. The molecule has 0 radical (unpaired) electrons. The predicted molar refractivity (Wildman–Crippen MR) is 55.3 cm³/mol. The Morgan fingerprint density at radius 1 is 1.31 bits per heavy atom. The Balaban J connectivity index is 2.35. The molecule has 0 aliphatic heterocycles. The van der Waals surface area contributed by atoms with Crippen LogP contribution < -0.4 is 5.32 Å².